The Balaban J connectivity index is 1.61. The topological polar surface area (TPSA) is 39.9 Å². The average molecular weight is 345 g/mol. The van der Waals surface area contributed by atoms with Gasteiger partial charge in [-0.15, -0.1) is 0 Å². The molecule has 134 valence electrons. The molecule has 1 aliphatic carbocycles. The van der Waals surface area contributed by atoms with E-state index in [1.54, 1.807) is 12.4 Å². The summed E-state index contributed by atoms with van der Waals surface area (Å²) in [5, 5.41) is 10.3. The first-order chi connectivity index (χ1) is 12.8. The maximum absolute atomic E-state index is 10.3. The van der Waals surface area contributed by atoms with E-state index in [0.717, 1.165) is 35.9 Å². The molecule has 3 fully saturated rings. The molecule has 2 saturated heterocycles. The predicted molar refractivity (Wildman–Crippen MR) is 104 cm³/mol. The number of rotatable bonds is 5. The number of hydrogen-bond donors (Lipinski definition) is 0. The molecule has 5 rings (SSSR count). The van der Waals surface area contributed by atoms with Crippen molar-refractivity contribution >= 4 is 0 Å². The molecule has 1 aromatic heterocycles. The van der Waals surface area contributed by atoms with Crippen LogP contribution in [-0.4, -0.2) is 29.5 Å². The Kier molecular flexibility index (Phi) is 5.04. The van der Waals surface area contributed by atoms with Gasteiger partial charge in [-0.25, -0.2) is 0 Å². The quantitative estimate of drug-likeness (QED) is 0.806. The second-order valence-corrected chi connectivity index (χ2v) is 8.02. The minimum absolute atomic E-state index is 0.602. The molecule has 3 heteroatoms. The van der Waals surface area contributed by atoms with Gasteiger partial charge in [0.05, 0.1) is 6.07 Å². The Labute approximate surface area is 156 Å². The van der Waals surface area contributed by atoms with E-state index in [1.807, 2.05) is 30.3 Å². The first-order valence-corrected chi connectivity index (χ1v) is 9.90. The van der Waals surface area contributed by atoms with Crippen molar-refractivity contribution in [3.05, 3.63) is 66.0 Å². The van der Waals surface area contributed by atoms with E-state index in [1.165, 1.54) is 38.8 Å². The molecule has 2 aliphatic heterocycles. The van der Waals surface area contributed by atoms with Gasteiger partial charge >= 0.3 is 0 Å². The Hall–Kier alpha value is -2.18. The third kappa shape index (κ3) is 3.39. The SMILES string of the molecule is N#CC(CCN1CC2CCC(CC2)C1)(c1ccccc1)c1ccncc1. The normalized spacial score (nSPS) is 25.2. The number of aromatic nitrogens is 1. The molecule has 1 aromatic carbocycles. The lowest BCUT2D eigenvalue weighted by Crippen LogP contribution is -2.35. The average Bonchev–Trinajstić information content (AvgIpc) is 3.03. The lowest BCUT2D eigenvalue weighted by molar-refractivity contribution is 0.239. The lowest BCUT2D eigenvalue weighted by atomic mass is 9.73. The number of benzene rings is 1. The molecule has 26 heavy (non-hydrogen) atoms. The minimum atomic E-state index is -0.602. The molecule has 1 saturated carbocycles. The zero-order valence-corrected chi connectivity index (χ0v) is 15.3. The zero-order chi connectivity index (χ0) is 17.8. The van der Waals surface area contributed by atoms with Crippen molar-refractivity contribution in [3.63, 3.8) is 0 Å². The van der Waals surface area contributed by atoms with Gasteiger partial charge in [0.25, 0.3) is 0 Å². The fraction of sp³-hybridized carbons (Fsp3) is 0.478. The molecule has 3 heterocycles. The maximum atomic E-state index is 10.3. The highest BCUT2D eigenvalue weighted by Crippen LogP contribution is 2.37. The van der Waals surface area contributed by atoms with E-state index in [2.05, 4.69) is 28.1 Å². The number of hydrogen-bond acceptors (Lipinski definition) is 3. The van der Waals surface area contributed by atoms with Crippen LogP contribution in [0.2, 0.25) is 0 Å². The number of nitrogens with zero attached hydrogens (tertiary/aromatic N) is 3. The monoisotopic (exact) mass is 345 g/mol. The minimum Gasteiger partial charge on any atom is -0.303 e. The summed E-state index contributed by atoms with van der Waals surface area (Å²) in [7, 11) is 0. The molecule has 0 N–H and O–H groups in total. The van der Waals surface area contributed by atoms with Gasteiger partial charge in [-0.3, -0.25) is 4.98 Å². The van der Waals surface area contributed by atoms with Crippen molar-refractivity contribution in [1.82, 2.24) is 9.88 Å². The fourth-order valence-electron chi connectivity index (χ4n) is 4.91. The van der Waals surface area contributed by atoms with Crippen LogP contribution in [0.3, 0.4) is 0 Å². The van der Waals surface area contributed by atoms with Gasteiger partial charge < -0.3 is 4.90 Å². The molecule has 3 aliphatic rings. The molecule has 2 bridgehead atoms. The summed E-state index contributed by atoms with van der Waals surface area (Å²) in [6, 6.07) is 17.0. The molecule has 2 aromatic rings. The van der Waals surface area contributed by atoms with E-state index < -0.39 is 5.41 Å². The van der Waals surface area contributed by atoms with Crippen LogP contribution < -0.4 is 0 Å². The van der Waals surface area contributed by atoms with E-state index >= 15 is 0 Å². The highest BCUT2D eigenvalue weighted by molar-refractivity contribution is 5.45. The number of fused-ring (bicyclic) bond motifs is 4. The molecule has 0 radical (unpaired) electrons. The second-order valence-electron chi connectivity index (χ2n) is 8.02. The molecule has 0 amide bonds. The Morgan fingerprint density at radius 2 is 1.50 bits per heavy atom. The maximum Gasteiger partial charge on any atom is 0.108 e. The van der Waals surface area contributed by atoms with Gasteiger partial charge in [-0.05, 0) is 67.2 Å². The van der Waals surface area contributed by atoms with Crippen LogP contribution >= 0.6 is 0 Å². The summed E-state index contributed by atoms with van der Waals surface area (Å²) >= 11 is 0. The van der Waals surface area contributed by atoms with Crippen molar-refractivity contribution in [2.45, 2.75) is 37.5 Å². The highest BCUT2D eigenvalue weighted by atomic mass is 15.1. The third-order valence-electron chi connectivity index (χ3n) is 6.43. The summed E-state index contributed by atoms with van der Waals surface area (Å²) in [5.74, 6) is 1.73. The van der Waals surface area contributed by atoms with Crippen LogP contribution in [0.25, 0.3) is 0 Å². The number of pyridine rings is 1. The van der Waals surface area contributed by atoms with E-state index in [9.17, 15) is 5.26 Å². The van der Waals surface area contributed by atoms with Gasteiger partial charge in [0, 0.05) is 32.0 Å². The molecular weight excluding hydrogens is 318 g/mol. The van der Waals surface area contributed by atoms with Crippen molar-refractivity contribution < 1.29 is 0 Å². The summed E-state index contributed by atoms with van der Waals surface area (Å²) < 4.78 is 0. The van der Waals surface area contributed by atoms with Crippen LogP contribution in [0.4, 0.5) is 0 Å². The first-order valence-electron chi connectivity index (χ1n) is 9.90. The summed E-state index contributed by atoms with van der Waals surface area (Å²) in [6.45, 7) is 3.41. The highest BCUT2D eigenvalue weighted by Gasteiger charge is 2.36. The Morgan fingerprint density at radius 3 is 2.08 bits per heavy atom. The van der Waals surface area contributed by atoms with E-state index in [4.69, 9.17) is 0 Å². The van der Waals surface area contributed by atoms with Gasteiger partial charge in [-0.1, -0.05) is 30.3 Å². The summed E-state index contributed by atoms with van der Waals surface area (Å²) in [6.07, 6.45) is 10.0. The third-order valence-corrected chi connectivity index (χ3v) is 6.43. The van der Waals surface area contributed by atoms with Crippen molar-refractivity contribution in [2.75, 3.05) is 19.6 Å². The molecule has 1 atom stereocenters. The smallest absolute Gasteiger partial charge is 0.108 e. The zero-order valence-electron chi connectivity index (χ0n) is 15.3. The van der Waals surface area contributed by atoms with Crippen LogP contribution in [0.5, 0.6) is 0 Å². The molecule has 3 nitrogen and oxygen atoms in total. The van der Waals surface area contributed by atoms with Crippen LogP contribution in [0.1, 0.15) is 43.2 Å². The fourth-order valence-corrected chi connectivity index (χ4v) is 4.91. The van der Waals surface area contributed by atoms with Crippen LogP contribution in [-0.2, 0) is 5.41 Å². The van der Waals surface area contributed by atoms with E-state index in [-0.39, 0.29) is 0 Å². The van der Waals surface area contributed by atoms with Crippen LogP contribution in [0.15, 0.2) is 54.9 Å². The molecule has 0 spiro atoms. The first kappa shape index (κ1) is 17.2. The second kappa shape index (κ2) is 7.60. The summed E-state index contributed by atoms with van der Waals surface area (Å²) in [4.78, 5) is 6.79. The Bertz CT molecular complexity index is 689. The predicted octanol–water partition coefficient (Wildman–Crippen LogP) is 4.40. The van der Waals surface area contributed by atoms with Crippen molar-refractivity contribution in [1.29, 1.82) is 5.26 Å². The van der Waals surface area contributed by atoms with Gasteiger partial charge in [0.15, 0.2) is 0 Å². The summed E-state index contributed by atoms with van der Waals surface area (Å²) in [5.41, 5.74) is 1.54. The molecular formula is C23H27N3. The van der Waals surface area contributed by atoms with Crippen molar-refractivity contribution in [2.24, 2.45) is 11.8 Å². The standard InChI is InChI=1S/C23H27N3/c24-18-23(21-4-2-1-3-5-21,22-10-13-25-14-11-22)12-15-26-16-19-6-7-20(17-26)9-8-19/h1-5,10-11,13-14,19-20H,6-9,12,15-17H2. The van der Waals surface area contributed by atoms with Gasteiger partial charge in [0.1, 0.15) is 5.41 Å². The Morgan fingerprint density at radius 1 is 0.923 bits per heavy atom. The van der Waals surface area contributed by atoms with Gasteiger partial charge in [-0.2, -0.15) is 5.26 Å². The largest absolute Gasteiger partial charge is 0.303 e. The lowest BCUT2D eigenvalue weighted by Gasteiger charge is -2.31. The number of nitriles is 1. The van der Waals surface area contributed by atoms with E-state index in [0.29, 0.717) is 0 Å². The van der Waals surface area contributed by atoms with Crippen molar-refractivity contribution in [3.8, 4) is 6.07 Å². The molecule has 1 unspecified atom stereocenters. The van der Waals surface area contributed by atoms with Crippen LogP contribution in [0, 0.1) is 23.2 Å². The van der Waals surface area contributed by atoms with Gasteiger partial charge in [0.2, 0.25) is 0 Å².